The van der Waals surface area contributed by atoms with Gasteiger partial charge in [-0.05, 0) is 24.1 Å². The number of rotatable bonds is 5. The van der Waals surface area contributed by atoms with Crippen molar-refractivity contribution < 1.29 is 27.9 Å². The number of carboxylic acids is 1. The van der Waals surface area contributed by atoms with Crippen LogP contribution < -0.4 is 0 Å². The van der Waals surface area contributed by atoms with Crippen LogP contribution in [0.1, 0.15) is 34.8 Å². The first kappa shape index (κ1) is 17.3. The molecular weight excluding hydrogens is 305 g/mol. The number of thioether (sulfide) groups is 1. The van der Waals surface area contributed by atoms with Crippen LogP contribution in [0.15, 0.2) is 24.3 Å². The van der Waals surface area contributed by atoms with Crippen molar-refractivity contribution in [2.24, 2.45) is 0 Å². The summed E-state index contributed by atoms with van der Waals surface area (Å²) in [5.41, 5.74) is -1.68. The van der Waals surface area contributed by atoms with E-state index < -0.39 is 23.3 Å². The van der Waals surface area contributed by atoms with Gasteiger partial charge in [0, 0.05) is 12.7 Å². The Morgan fingerprint density at radius 1 is 1.33 bits per heavy atom. The molecule has 1 aromatic rings. The number of allylic oxidation sites excluding steroid dienone is 1. The van der Waals surface area contributed by atoms with Crippen LogP contribution >= 0.6 is 11.8 Å². The fourth-order valence-corrected chi connectivity index (χ4v) is 2.12. The average molecular weight is 318 g/mol. The second-order valence-electron chi connectivity index (χ2n) is 4.14. The van der Waals surface area contributed by atoms with E-state index in [1.165, 1.54) is 19.1 Å². The Bertz CT molecular complexity index is 565. The Morgan fingerprint density at radius 3 is 2.52 bits per heavy atom. The predicted octanol–water partition coefficient (Wildman–Crippen LogP) is 4.09. The largest absolute Gasteiger partial charge is 0.478 e. The lowest BCUT2D eigenvalue weighted by molar-refractivity contribution is -0.138. The van der Waals surface area contributed by atoms with Gasteiger partial charge in [0.25, 0.3) is 0 Å². The van der Waals surface area contributed by atoms with Gasteiger partial charge >= 0.3 is 12.1 Å². The van der Waals surface area contributed by atoms with E-state index in [4.69, 9.17) is 5.11 Å². The zero-order valence-electron chi connectivity index (χ0n) is 11.1. The van der Waals surface area contributed by atoms with Crippen LogP contribution in [0.25, 0.3) is 6.08 Å². The summed E-state index contributed by atoms with van der Waals surface area (Å²) in [5, 5.41) is 8.75. The molecule has 0 radical (unpaired) electrons. The van der Waals surface area contributed by atoms with E-state index in [2.05, 4.69) is 0 Å². The summed E-state index contributed by atoms with van der Waals surface area (Å²) in [7, 11) is 0. The van der Waals surface area contributed by atoms with Crippen LogP contribution in [0.3, 0.4) is 0 Å². The molecule has 0 aliphatic carbocycles. The molecule has 0 amide bonds. The molecule has 0 atom stereocenters. The van der Waals surface area contributed by atoms with Crippen molar-refractivity contribution >= 4 is 28.9 Å². The summed E-state index contributed by atoms with van der Waals surface area (Å²) in [6, 6.07) is 3.06. The van der Waals surface area contributed by atoms with Gasteiger partial charge in [0.05, 0.1) is 11.1 Å². The van der Waals surface area contributed by atoms with E-state index in [0.29, 0.717) is 12.2 Å². The van der Waals surface area contributed by atoms with E-state index in [1.807, 2.05) is 0 Å². The number of carbonyl (C=O) groups is 2. The number of halogens is 3. The van der Waals surface area contributed by atoms with Crippen molar-refractivity contribution in [3.63, 3.8) is 0 Å². The van der Waals surface area contributed by atoms with Crippen LogP contribution in [0.4, 0.5) is 13.2 Å². The molecule has 0 aliphatic heterocycles. The third-order valence-electron chi connectivity index (χ3n) is 2.48. The van der Waals surface area contributed by atoms with Gasteiger partial charge in [-0.25, -0.2) is 4.79 Å². The number of carbonyl (C=O) groups excluding carboxylic acids is 1. The van der Waals surface area contributed by atoms with Crippen LogP contribution in [-0.2, 0) is 11.0 Å². The molecule has 1 N–H and O–H groups in total. The third kappa shape index (κ3) is 5.63. The van der Waals surface area contributed by atoms with Crippen LogP contribution in [0, 0.1) is 0 Å². The van der Waals surface area contributed by atoms with Gasteiger partial charge in [-0.2, -0.15) is 13.2 Å². The van der Waals surface area contributed by atoms with Crippen molar-refractivity contribution in [2.45, 2.75) is 19.5 Å². The first-order valence-electron chi connectivity index (χ1n) is 5.96. The van der Waals surface area contributed by atoms with Crippen molar-refractivity contribution in [1.29, 1.82) is 0 Å². The molecule has 7 heteroatoms. The topological polar surface area (TPSA) is 54.4 Å². The highest BCUT2D eigenvalue weighted by atomic mass is 32.2. The van der Waals surface area contributed by atoms with E-state index >= 15 is 0 Å². The fraction of sp³-hybridized carbons (Fsp3) is 0.286. The van der Waals surface area contributed by atoms with Crippen molar-refractivity contribution in [2.75, 3.05) is 5.75 Å². The molecule has 0 heterocycles. The molecular formula is C14H13F3O3S. The minimum Gasteiger partial charge on any atom is -0.478 e. The Balaban J connectivity index is 2.88. The second-order valence-corrected chi connectivity index (χ2v) is 5.41. The number of aromatic carboxylic acids is 1. The maximum Gasteiger partial charge on any atom is 0.417 e. The fourth-order valence-electron chi connectivity index (χ4n) is 1.58. The summed E-state index contributed by atoms with van der Waals surface area (Å²) in [4.78, 5) is 21.5. The molecule has 1 rings (SSSR count). The summed E-state index contributed by atoms with van der Waals surface area (Å²) in [5.74, 6) is -1.07. The number of alkyl halides is 3. The van der Waals surface area contributed by atoms with Crippen LogP contribution in [0.2, 0.25) is 0 Å². The van der Waals surface area contributed by atoms with E-state index in [1.54, 1.807) is 6.08 Å². The Hall–Kier alpha value is -1.76. The number of benzene rings is 1. The Kier molecular flexibility index (Phi) is 6.02. The van der Waals surface area contributed by atoms with Crippen molar-refractivity contribution in [3.05, 3.63) is 41.0 Å². The van der Waals surface area contributed by atoms with Gasteiger partial charge < -0.3 is 5.11 Å². The average Bonchev–Trinajstić information content (AvgIpc) is 2.36. The lowest BCUT2D eigenvalue weighted by Gasteiger charge is -2.10. The Labute approximate surface area is 123 Å². The molecule has 21 heavy (non-hydrogen) atoms. The summed E-state index contributed by atoms with van der Waals surface area (Å²) in [6.45, 7) is 1.44. The normalized spacial score (nSPS) is 11.8. The molecule has 0 aliphatic rings. The van der Waals surface area contributed by atoms with Gasteiger partial charge in [0.2, 0.25) is 0 Å². The van der Waals surface area contributed by atoms with Gasteiger partial charge in [-0.1, -0.05) is 30.0 Å². The zero-order chi connectivity index (χ0) is 16.0. The maximum atomic E-state index is 12.8. The van der Waals surface area contributed by atoms with Crippen LogP contribution in [-0.4, -0.2) is 21.9 Å². The summed E-state index contributed by atoms with van der Waals surface area (Å²) in [6.07, 6.45) is -1.07. The van der Waals surface area contributed by atoms with Gasteiger partial charge in [-0.3, -0.25) is 4.79 Å². The van der Waals surface area contributed by atoms with Gasteiger partial charge in [0.1, 0.15) is 0 Å². The van der Waals surface area contributed by atoms with E-state index in [9.17, 15) is 22.8 Å². The Morgan fingerprint density at radius 2 is 2.00 bits per heavy atom. The minimum atomic E-state index is -4.72. The molecule has 0 saturated heterocycles. The maximum absolute atomic E-state index is 12.8. The molecule has 0 saturated carbocycles. The number of hydrogen-bond donors (Lipinski definition) is 1. The first-order chi connectivity index (χ1) is 9.71. The molecule has 0 bridgehead atoms. The monoisotopic (exact) mass is 318 g/mol. The highest BCUT2D eigenvalue weighted by Crippen LogP contribution is 2.33. The second kappa shape index (κ2) is 7.31. The number of hydrogen-bond acceptors (Lipinski definition) is 3. The van der Waals surface area contributed by atoms with Crippen molar-refractivity contribution in [1.82, 2.24) is 0 Å². The molecule has 0 fully saturated rings. The van der Waals surface area contributed by atoms with Crippen molar-refractivity contribution in [3.8, 4) is 0 Å². The lowest BCUT2D eigenvalue weighted by atomic mass is 10.0. The molecule has 0 aromatic heterocycles. The molecule has 1 aromatic carbocycles. The predicted molar refractivity (Wildman–Crippen MR) is 75.2 cm³/mol. The van der Waals surface area contributed by atoms with E-state index in [0.717, 1.165) is 23.9 Å². The minimum absolute atomic E-state index is 0.0198. The zero-order valence-corrected chi connectivity index (χ0v) is 11.9. The standard InChI is InChI=1S/C14H13F3O3S/c1-9(18)21-7-3-2-4-10-5-6-11(13(19)20)12(8-10)14(15,16)17/h2,4-6,8H,3,7H2,1H3,(H,19,20). The summed E-state index contributed by atoms with van der Waals surface area (Å²) < 4.78 is 38.4. The molecule has 114 valence electrons. The highest BCUT2D eigenvalue weighted by Gasteiger charge is 2.35. The van der Waals surface area contributed by atoms with Gasteiger partial charge in [-0.15, -0.1) is 0 Å². The summed E-state index contributed by atoms with van der Waals surface area (Å²) >= 11 is 1.13. The first-order valence-corrected chi connectivity index (χ1v) is 6.95. The van der Waals surface area contributed by atoms with Gasteiger partial charge in [0.15, 0.2) is 5.12 Å². The SMILES string of the molecule is CC(=O)SCCC=Cc1ccc(C(=O)O)c(C(F)(F)F)c1. The quantitative estimate of drug-likeness (QED) is 0.831. The lowest BCUT2D eigenvalue weighted by Crippen LogP contribution is -2.13. The highest BCUT2D eigenvalue weighted by molar-refractivity contribution is 8.13. The molecule has 3 nitrogen and oxygen atoms in total. The smallest absolute Gasteiger partial charge is 0.417 e. The van der Waals surface area contributed by atoms with E-state index in [-0.39, 0.29) is 10.7 Å². The van der Waals surface area contributed by atoms with Crippen LogP contribution in [0.5, 0.6) is 0 Å². The third-order valence-corrected chi connectivity index (χ3v) is 3.33. The molecule has 0 spiro atoms. The molecule has 0 unspecified atom stereocenters. The number of carboxylic acid groups (broad SMARTS) is 1.